The van der Waals surface area contributed by atoms with Gasteiger partial charge < -0.3 is 26.4 Å². The van der Waals surface area contributed by atoms with Crippen molar-refractivity contribution in [2.45, 2.75) is 31.3 Å². The molecular weight excluding hydrogens is 579 g/mol. The van der Waals surface area contributed by atoms with Crippen molar-refractivity contribution in [1.82, 2.24) is 16.0 Å². The average molecular weight is 604 g/mol. The van der Waals surface area contributed by atoms with E-state index in [2.05, 4.69) is 21.3 Å². The molecule has 0 aliphatic heterocycles. The third kappa shape index (κ3) is 7.44. The summed E-state index contributed by atoms with van der Waals surface area (Å²) in [5.41, 5.74) is 2.96. The van der Waals surface area contributed by atoms with Crippen molar-refractivity contribution in [3.63, 3.8) is 0 Å². The number of nitrogens with one attached hydrogen (secondary N) is 4. The van der Waals surface area contributed by atoms with Crippen molar-refractivity contribution in [3.05, 3.63) is 98.0 Å². The lowest BCUT2D eigenvalue weighted by atomic mass is 10.1. The van der Waals surface area contributed by atoms with E-state index in [1.807, 2.05) is 24.3 Å². The largest absolute Gasteiger partial charge is 0.480 e. The Hall–Kier alpha value is -3.79. The van der Waals surface area contributed by atoms with Crippen LogP contribution in [0, 0.1) is 0 Å². The van der Waals surface area contributed by atoms with E-state index in [1.54, 1.807) is 24.3 Å². The molecule has 1 unspecified atom stereocenters. The van der Waals surface area contributed by atoms with Crippen LogP contribution in [-0.4, -0.2) is 41.5 Å². The SMILES string of the molecule is O=C(Cc1cccc(Cl)c1)Nc1cc(Cl)c(C(=O)NC(CNC(=O)N[C@@H]2CCc3ccccc32)C(=O)O)c(Cl)c1. The number of anilines is 1. The van der Waals surface area contributed by atoms with E-state index in [4.69, 9.17) is 34.8 Å². The number of carbonyl (C=O) groups is 4. The summed E-state index contributed by atoms with van der Waals surface area (Å²) in [5.74, 6) is -2.58. The predicted octanol–water partition coefficient (Wildman–Crippen LogP) is 5.00. The number of aryl methyl sites for hydroxylation is 1. The second kappa shape index (κ2) is 13.0. The molecule has 0 radical (unpaired) electrons. The Balaban J connectivity index is 1.34. The molecule has 0 heterocycles. The molecule has 0 spiro atoms. The van der Waals surface area contributed by atoms with E-state index in [1.165, 1.54) is 12.1 Å². The molecule has 1 aliphatic carbocycles. The molecule has 4 rings (SSSR count). The number of benzene rings is 3. The first-order valence-electron chi connectivity index (χ1n) is 12.3. The van der Waals surface area contributed by atoms with Gasteiger partial charge in [-0.1, -0.05) is 71.2 Å². The van der Waals surface area contributed by atoms with Crippen LogP contribution in [0.25, 0.3) is 0 Å². The number of halogens is 3. The minimum atomic E-state index is -1.46. The van der Waals surface area contributed by atoms with Crippen LogP contribution >= 0.6 is 34.8 Å². The molecule has 9 nitrogen and oxygen atoms in total. The number of carboxylic acid groups (broad SMARTS) is 1. The Morgan fingerprint density at radius 1 is 0.950 bits per heavy atom. The number of aliphatic carboxylic acids is 1. The molecular formula is C28H25Cl3N4O5. The van der Waals surface area contributed by atoms with Gasteiger partial charge >= 0.3 is 12.0 Å². The second-order valence-corrected chi connectivity index (χ2v) is 10.4. The highest BCUT2D eigenvalue weighted by Gasteiger charge is 2.27. The zero-order chi connectivity index (χ0) is 28.8. The topological polar surface area (TPSA) is 137 Å². The molecule has 0 aromatic heterocycles. The standard InChI is InChI=1S/C28H25Cl3N4O5/c29-17-6-3-4-15(10-17)11-24(36)33-18-12-20(30)25(21(31)13-18)26(37)34-23(27(38)39)14-32-28(40)35-22-9-8-16-5-1-2-7-19(16)22/h1-7,10,12-13,22-23H,8-9,11,14H2,(H,33,36)(H,34,37)(H,38,39)(H2,32,35,40)/t22-,23?/m1/s1. The number of urea groups is 1. The Morgan fingerprint density at radius 2 is 1.68 bits per heavy atom. The minimum absolute atomic E-state index is 0.0478. The summed E-state index contributed by atoms with van der Waals surface area (Å²) in [6.45, 7) is -0.381. The van der Waals surface area contributed by atoms with Crippen molar-refractivity contribution in [3.8, 4) is 0 Å². The molecule has 40 heavy (non-hydrogen) atoms. The Morgan fingerprint density at radius 3 is 2.38 bits per heavy atom. The first kappa shape index (κ1) is 29.2. The van der Waals surface area contributed by atoms with Crippen LogP contribution in [0.3, 0.4) is 0 Å². The molecule has 4 amide bonds. The Kier molecular flexibility index (Phi) is 9.52. The third-order valence-electron chi connectivity index (χ3n) is 6.31. The minimum Gasteiger partial charge on any atom is -0.480 e. The van der Waals surface area contributed by atoms with Gasteiger partial charge in [0.15, 0.2) is 0 Å². The van der Waals surface area contributed by atoms with Gasteiger partial charge in [0.2, 0.25) is 5.91 Å². The maximum Gasteiger partial charge on any atom is 0.328 e. The van der Waals surface area contributed by atoms with E-state index in [0.29, 0.717) is 10.6 Å². The van der Waals surface area contributed by atoms with Gasteiger partial charge in [-0.3, -0.25) is 9.59 Å². The maximum absolute atomic E-state index is 12.9. The molecule has 1 aliphatic rings. The zero-order valence-corrected chi connectivity index (χ0v) is 23.2. The molecule has 0 saturated carbocycles. The van der Waals surface area contributed by atoms with Crippen LogP contribution in [0.4, 0.5) is 10.5 Å². The average Bonchev–Trinajstić information content (AvgIpc) is 3.28. The maximum atomic E-state index is 12.9. The molecule has 3 aromatic carbocycles. The van der Waals surface area contributed by atoms with Crippen LogP contribution in [0.15, 0.2) is 60.7 Å². The summed E-state index contributed by atoms with van der Waals surface area (Å²) in [7, 11) is 0. The Bertz CT molecular complexity index is 1440. The summed E-state index contributed by atoms with van der Waals surface area (Å²) in [6.07, 6.45) is 1.62. The van der Waals surface area contributed by atoms with Crippen molar-refractivity contribution in [2.24, 2.45) is 0 Å². The molecule has 0 saturated heterocycles. The smallest absolute Gasteiger partial charge is 0.328 e. The summed E-state index contributed by atoms with van der Waals surface area (Å²) in [5, 5.41) is 20.2. The lowest BCUT2D eigenvalue weighted by Gasteiger charge is -2.19. The van der Waals surface area contributed by atoms with Gasteiger partial charge in [0, 0.05) is 10.7 Å². The molecule has 208 valence electrons. The quantitative estimate of drug-likeness (QED) is 0.235. The number of carboxylic acids is 1. The van der Waals surface area contributed by atoms with Crippen molar-refractivity contribution >= 4 is 64.3 Å². The van der Waals surface area contributed by atoms with Crippen molar-refractivity contribution in [2.75, 3.05) is 11.9 Å². The first-order chi connectivity index (χ1) is 19.1. The van der Waals surface area contributed by atoms with E-state index in [-0.39, 0.29) is 46.2 Å². The van der Waals surface area contributed by atoms with Gasteiger partial charge in [-0.05, 0) is 53.8 Å². The predicted molar refractivity (Wildman–Crippen MR) is 153 cm³/mol. The van der Waals surface area contributed by atoms with Gasteiger partial charge in [-0.15, -0.1) is 0 Å². The highest BCUT2D eigenvalue weighted by molar-refractivity contribution is 6.40. The molecule has 3 aromatic rings. The third-order valence-corrected chi connectivity index (χ3v) is 7.15. The molecule has 12 heteroatoms. The number of amides is 4. The van der Waals surface area contributed by atoms with Gasteiger partial charge in [-0.25, -0.2) is 9.59 Å². The molecule has 0 fully saturated rings. The van der Waals surface area contributed by atoms with Gasteiger partial charge in [0.25, 0.3) is 5.91 Å². The fourth-order valence-electron chi connectivity index (χ4n) is 4.44. The highest BCUT2D eigenvalue weighted by atomic mass is 35.5. The number of carbonyl (C=O) groups excluding carboxylic acids is 3. The van der Waals surface area contributed by atoms with Crippen LogP contribution in [-0.2, 0) is 22.4 Å². The monoisotopic (exact) mass is 602 g/mol. The lowest BCUT2D eigenvalue weighted by Crippen LogP contribution is -2.50. The summed E-state index contributed by atoms with van der Waals surface area (Å²) in [6, 6.07) is 15.1. The van der Waals surface area contributed by atoms with Crippen molar-refractivity contribution in [1.29, 1.82) is 0 Å². The van der Waals surface area contributed by atoms with Gasteiger partial charge in [0.05, 0.1) is 34.6 Å². The fraction of sp³-hybridized carbons (Fsp3) is 0.214. The number of rotatable bonds is 9. The van der Waals surface area contributed by atoms with Gasteiger partial charge in [-0.2, -0.15) is 0 Å². The lowest BCUT2D eigenvalue weighted by molar-refractivity contribution is -0.139. The highest BCUT2D eigenvalue weighted by Crippen LogP contribution is 2.31. The Labute approximate surface area is 245 Å². The number of hydrogen-bond acceptors (Lipinski definition) is 4. The van der Waals surface area contributed by atoms with Crippen LogP contribution in [0.1, 0.15) is 39.5 Å². The summed E-state index contributed by atoms with van der Waals surface area (Å²) < 4.78 is 0. The van der Waals surface area contributed by atoms with Crippen LogP contribution in [0.2, 0.25) is 15.1 Å². The van der Waals surface area contributed by atoms with E-state index < -0.39 is 23.9 Å². The zero-order valence-electron chi connectivity index (χ0n) is 21.0. The normalized spacial score (nSPS) is 14.5. The van der Waals surface area contributed by atoms with Crippen LogP contribution in [0.5, 0.6) is 0 Å². The molecule has 5 N–H and O–H groups in total. The number of fused-ring (bicyclic) bond motifs is 1. The fourth-order valence-corrected chi connectivity index (χ4v) is 5.31. The number of hydrogen-bond donors (Lipinski definition) is 5. The van der Waals surface area contributed by atoms with Crippen molar-refractivity contribution < 1.29 is 24.3 Å². The van der Waals surface area contributed by atoms with E-state index in [9.17, 15) is 24.3 Å². The van der Waals surface area contributed by atoms with E-state index >= 15 is 0 Å². The van der Waals surface area contributed by atoms with Gasteiger partial charge in [0.1, 0.15) is 6.04 Å². The summed E-state index contributed by atoms with van der Waals surface area (Å²) in [4.78, 5) is 49.6. The van der Waals surface area contributed by atoms with Crippen LogP contribution < -0.4 is 21.3 Å². The second-order valence-electron chi connectivity index (χ2n) is 9.18. The molecule has 0 bridgehead atoms. The molecule has 2 atom stereocenters. The summed E-state index contributed by atoms with van der Waals surface area (Å²) >= 11 is 18.5. The first-order valence-corrected chi connectivity index (χ1v) is 13.4. The van der Waals surface area contributed by atoms with E-state index in [0.717, 1.165) is 24.0 Å².